The molecule has 6 heteroatoms. The van der Waals surface area contributed by atoms with Crippen LogP contribution in [-0.4, -0.2) is 38.8 Å². The molecule has 4 aliphatic carbocycles. The highest BCUT2D eigenvalue weighted by Gasteiger charge is 2.64. The Balaban J connectivity index is 1.41. The number of furan rings is 1. The van der Waals surface area contributed by atoms with Gasteiger partial charge in [0.1, 0.15) is 11.5 Å². The molecule has 4 saturated carbocycles. The summed E-state index contributed by atoms with van der Waals surface area (Å²) in [5, 5.41) is 14.2. The third kappa shape index (κ3) is 2.65. The van der Waals surface area contributed by atoms with Gasteiger partial charge in [0.15, 0.2) is 0 Å². The Kier molecular flexibility index (Phi) is 4.34. The van der Waals surface area contributed by atoms with Crippen LogP contribution in [0.3, 0.4) is 0 Å². The van der Waals surface area contributed by atoms with E-state index in [0.29, 0.717) is 25.0 Å². The van der Waals surface area contributed by atoms with Gasteiger partial charge in [-0.2, -0.15) is 5.10 Å². The highest BCUT2D eigenvalue weighted by molar-refractivity contribution is 5.83. The van der Waals surface area contributed by atoms with Crippen LogP contribution in [0.15, 0.2) is 28.8 Å². The van der Waals surface area contributed by atoms with Gasteiger partial charge in [-0.05, 0) is 69.6 Å². The van der Waals surface area contributed by atoms with E-state index in [1.165, 1.54) is 25.0 Å². The van der Waals surface area contributed by atoms with Gasteiger partial charge in [0.2, 0.25) is 5.91 Å². The Hall–Kier alpha value is -2.08. The van der Waals surface area contributed by atoms with Crippen LogP contribution < -0.4 is 0 Å². The molecule has 150 valence electrons. The van der Waals surface area contributed by atoms with Crippen molar-refractivity contribution in [1.82, 2.24) is 14.7 Å². The van der Waals surface area contributed by atoms with E-state index in [-0.39, 0.29) is 23.8 Å². The summed E-state index contributed by atoms with van der Waals surface area (Å²) in [6, 6.07) is 6.49. The zero-order valence-electron chi connectivity index (χ0n) is 16.5. The van der Waals surface area contributed by atoms with E-state index in [1.807, 2.05) is 25.3 Å². The van der Waals surface area contributed by atoms with E-state index in [2.05, 4.69) is 15.8 Å². The molecular weight excluding hydrogens is 354 g/mol. The normalized spacial score (nSPS) is 28.8. The van der Waals surface area contributed by atoms with E-state index in [0.717, 1.165) is 30.8 Å². The molecule has 4 aliphatic rings. The average Bonchev–Trinajstić information content (AvgIpc) is 3.36. The molecule has 0 spiro atoms. The second-order valence-electron chi connectivity index (χ2n) is 8.88. The van der Waals surface area contributed by atoms with Crippen molar-refractivity contribution in [2.75, 3.05) is 13.2 Å². The molecule has 2 aromatic heterocycles. The topological polar surface area (TPSA) is 71.5 Å². The lowest BCUT2D eigenvalue weighted by Gasteiger charge is -2.49. The zero-order valence-corrected chi connectivity index (χ0v) is 16.5. The standard InChI is InChI=1S/C22H29N3O3/c1-15-5-6-18(28-15)14-24(11-12-26)21(27)20-16-7-9-22(20,13-16)19-8-10-23-25(19)17-3-2-4-17/h5-6,8,10,16-17,20,26H,2-4,7,9,11-14H2,1H3. The fourth-order valence-electron chi connectivity index (χ4n) is 5.78. The van der Waals surface area contributed by atoms with Gasteiger partial charge in [-0.3, -0.25) is 9.48 Å². The van der Waals surface area contributed by atoms with Gasteiger partial charge in [0.25, 0.3) is 0 Å². The summed E-state index contributed by atoms with van der Waals surface area (Å²) in [4.78, 5) is 15.4. The van der Waals surface area contributed by atoms with Crippen molar-refractivity contribution in [3.63, 3.8) is 0 Å². The van der Waals surface area contributed by atoms with E-state index >= 15 is 0 Å². The van der Waals surface area contributed by atoms with E-state index in [4.69, 9.17) is 4.42 Å². The van der Waals surface area contributed by atoms with Crippen LogP contribution in [0.25, 0.3) is 0 Å². The van der Waals surface area contributed by atoms with Crippen molar-refractivity contribution in [2.45, 2.75) is 63.5 Å². The zero-order chi connectivity index (χ0) is 19.3. The van der Waals surface area contributed by atoms with Gasteiger partial charge in [-0.25, -0.2) is 0 Å². The predicted octanol–water partition coefficient (Wildman–Crippen LogP) is 3.20. The second kappa shape index (κ2) is 6.76. The Morgan fingerprint density at radius 1 is 1.36 bits per heavy atom. The maximum Gasteiger partial charge on any atom is 0.227 e. The Bertz CT molecular complexity index is 864. The number of aliphatic hydroxyl groups is 1. The lowest BCUT2D eigenvalue weighted by molar-refractivity contribution is -0.145. The molecule has 1 amide bonds. The van der Waals surface area contributed by atoms with E-state index in [1.54, 1.807) is 4.90 Å². The molecule has 1 N–H and O–H groups in total. The Labute approximate surface area is 165 Å². The van der Waals surface area contributed by atoms with Crippen molar-refractivity contribution in [3.8, 4) is 0 Å². The summed E-state index contributed by atoms with van der Waals surface area (Å²) in [5.41, 5.74) is 1.20. The van der Waals surface area contributed by atoms with Crippen molar-refractivity contribution < 1.29 is 14.3 Å². The van der Waals surface area contributed by atoms with Gasteiger partial charge >= 0.3 is 0 Å². The number of carbonyl (C=O) groups excluding carboxylic acids is 1. The Morgan fingerprint density at radius 2 is 2.21 bits per heavy atom. The summed E-state index contributed by atoms with van der Waals surface area (Å²) < 4.78 is 7.91. The minimum atomic E-state index is -0.0688. The predicted molar refractivity (Wildman–Crippen MR) is 104 cm³/mol. The van der Waals surface area contributed by atoms with Crippen LogP contribution in [0.4, 0.5) is 0 Å². The lowest BCUT2D eigenvalue weighted by atomic mass is 9.58. The minimum Gasteiger partial charge on any atom is -0.464 e. The fraction of sp³-hybridized carbons (Fsp3) is 0.636. The third-order valence-electron chi connectivity index (χ3n) is 7.35. The SMILES string of the molecule is Cc1ccc(CN(CCO)C(=O)C2C3CCC2(c2ccnn2C2CCC2)C3)o1. The molecule has 6 rings (SSSR count). The second-order valence-corrected chi connectivity index (χ2v) is 8.88. The van der Waals surface area contributed by atoms with Crippen LogP contribution in [0.1, 0.15) is 61.8 Å². The molecule has 4 fully saturated rings. The quantitative estimate of drug-likeness (QED) is 0.797. The number of aryl methyl sites for hydroxylation is 1. The number of aliphatic hydroxyl groups excluding tert-OH is 1. The molecule has 3 atom stereocenters. The summed E-state index contributed by atoms with van der Waals surface area (Å²) in [6.07, 6.45) is 8.84. The molecule has 0 aliphatic heterocycles. The van der Waals surface area contributed by atoms with Crippen molar-refractivity contribution in [3.05, 3.63) is 41.6 Å². The van der Waals surface area contributed by atoms with Crippen LogP contribution in [0.5, 0.6) is 0 Å². The number of fused-ring (bicyclic) bond motifs is 1. The van der Waals surface area contributed by atoms with Gasteiger partial charge in [0, 0.05) is 23.9 Å². The van der Waals surface area contributed by atoms with Crippen molar-refractivity contribution >= 4 is 5.91 Å². The number of aromatic nitrogens is 2. The Morgan fingerprint density at radius 3 is 2.86 bits per heavy atom. The molecule has 28 heavy (non-hydrogen) atoms. The first kappa shape index (κ1) is 18.0. The summed E-state index contributed by atoms with van der Waals surface area (Å²) in [5.74, 6) is 2.25. The average molecular weight is 383 g/mol. The first-order valence-corrected chi connectivity index (χ1v) is 10.6. The maximum atomic E-state index is 13.6. The van der Waals surface area contributed by atoms with Crippen LogP contribution >= 0.6 is 0 Å². The van der Waals surface area contributed by atoms with Crippen LogP contribution in [0, 0.1) is 18.8 Å². The van der Waals surface area contributed by atoms with Gasteiger partial charge in [-0.1, -0.05) is 0 Å². The maximum absolute atomic E-state index is 13.6. The number of hydrogen-bond donors (Lipinski definition) is 1. The lowest BCUT2D eigenvalue weighted by Crippen LogP contribution is -2.54. The molecule has 6 nitrogen and oxygen atoms in total. The third-order valence-corrected chi connectivity index (χ3v) is 7.35. The monoisotopic (exact) mass is 383 g/mol. The molecule has 0 saturated heterocycles. The van der Waals surface area contributed by atoms with Crippen LogP contribution in [0.2, 0.25) is 0 Å². The summed E-state index contributed by atoms with van der Waals surface area (Å²) >= 11 is 0. The number of amides is 1. The number of nitrogens with zero attached hydrogens (tertiary/aromatic N) is 3. The molecular formula is C22H29N3O3. The van der Waals surface area contributed by atoms with E-state index < -0.39 is 0 Å². The van der Waals surface area contributed by atoms with E-state index in [9.17, 15) is 9.90 Å². The number of hydrogen-bond acceptors (Lipinski definition) is 4. The minimum absolute atomic E-state index is 0.00522. The summed E-state index contributed by atoms with van der Waals surface area (Å²) in [6.45, 7) is 2.65. The van der Waals surface area contributed by atoms with Gasteiger partial charge in [0.05, 0.1) is 25.1 Å². The smallest absolute Gasteiger partial charge is 0.227 e. The van der Waals surface area contributed by atoms with Gasteiger partial charge in [-0.15, -0.1) is 0 Å². The largest absolute Gasteiger partial charge is 0.464 e. The van der Waals surface area contributed by atoms with Gasteiger partial charge < -0.3 is 14.4 Å². The molecule has 2 bridgehead atoms. The first-order valence-electron chi connectivity index (χ1n) is 10.6. The first-order chi connectivity index (χ1) is 13.6. The van der Waals surface area contributed by atoms with Crippen molar-refractivity contribution in [1.29, 1.82) is 0 Å². The number of rotatable bonds is 7. The fourth-order valence-corrected chi connectivity index (χ4v) is 5.78. The highest BCUT2D eigenvalue weighted by Crippen LogP contribution is 2.64. The highest BCUT2D eigenvalue weighted by atomic mass is 16.3. The summed E-state index contributed by atoms with van der Waals surface area (Å²) in [7, 11) is 0. The molecule has 2 aromatic rings. The van der Waals surface area contributed by atoms with Crippen molar-refractivity contribution in [2.24, 2.45) is 11.8 Å². The molecule has 2 heterocycles. The molecule has 0 aromatic carbocycles. The number of carbonyl (C=O) groups is 1. The molecule has 0 radical (unpaired) electrons. The van der Waals surface area contributed by atoms with Crippen LogP contribution in [-0.2, 0) is 16.8 Å². The molecule has 3 unspecified atom stereocenters.